The number of ether oxygens (including phenoxy) is 1. The van der Waals surface area contributed by atoms with Gasteiger partial charge in [-0.2, -0.15) is 5.10 Å². The van der Waals surface area contributed by atoms with Gasteiger partial charge in [-0.15, -0.1) is 0 Å². The van der Waals surface area contributed by atoms with Crippen LogP contribution in [0, 0.1) is 5.92 Å². The Labute approximate surface area is 115 Å². The normalized spacial score (nSPS) is 24.2. The van der Waals surface area contributed by atoms with E-state index in [4.69, 9.17) is 10.6 Å². The zero-order valence-electron chi connectivity index (χ0n) is 12.0. The summed E-state index contributed by atoms with van der Waals surface area (Å²) in [5.74, 6) is 6.43. The van der Waals surface area contributed by atoms with E-state index in [1.807, 2.05) is 17.9 Å². The molecule has 1 aromatic rings. The summed E-state index contributed by atoms with van der Waals surface area (Å²) < 4.78 is 7.44. The van der Waals surface area contributed by atoms with Crippen molar-refractivity contribution in [3.8, 4) is 0 Å². The summed E-state index contributed by atoms with van der Waals surface area (Å²) in [6.07, 6.45) is 10.1. The van der Waals surface area contributed by atoms with Gasteiger partial charge in [-0.1, -0.05) is 0 Å². The van der Waals surface area contributed by atoms with E-state index in [-0.39, 0.29) is 0 Å². The lowest BCUT2D eigenvalue weighted by atomic mass is 9.77. The van der Waals surface area contributed by atoms with Crippen LogP contribution < -0.4 is 11.3 Å². The molecule has 1 fully saturated rings. The number of aryl methyl sites for hydroxylation is 2. The molecular formula is C14H26N4O. The minimum absolute atomic E-state index is 0.396. The summed E-state index contributed by atoms with van der Waals surface area (Å²) in [6, 6.07) is 0.396. The van der Waals surface area contributed by atoms with Crippen LogP contribution in [-0.4, -0.2) is 28.5 Å². The molecular weight excluding hydrogens is 240 g/mol. The molecule has 3 N–H and O–H groups in total. The predicted octanol–water partition coefficient (Wildman–Crippen LogP) is 1.39. The van der Waals surface area contributed by atoms with Crippen LogP contribution >= 0.6 is 0 Å². The van der Waals surface area contributed by atoms with E-state index in [9.17, 15) is 0 Å². The van der Waals surface area contributed by atoms with Crippen molar-refractivity contribution in [3.05, 3.63) is 18.0 Å². The number of hydrogen-bond donors (Lipinski definition) is 2. The van der Waals surface area contributed by atoms with Crippen molar-refractivity contribution in [3.63, 3.8) is 0 Å². The molecule has 1 aromatic heterocycles. The van der Waals surface area contributed by atoms with Crippen LogP contribution in [0.3, 0.4) is 0 Å². The highest BCUT2D eigenvalue weighted by atomic mass is 16.5. The molecule has 19 heavy (non-hydrogen) atoms. The van der Waals surface area contributed by atoms with Gasteiger partial charge in [0.05, 0.1) is 12.3 Å². The third-order valence-electron chi connectivity index (χ3n) is 3.99. The van der Waals surface area contributed by atoms with Crippen molar-refractivity contribution in [2.45, 2.75) is 51.2 Å². The van der Waals surface area contributed by atoms with E-state index in [2.05, 4.69) is 23.6 Å². The Hall–Kier alpha value is -0.910. The second kappa shape index (κ2) is 7.03. The van der Waals surface area contributed by atoms with Gasteiger partial charge in [0, 0.05) is 25.9 Å². The Morgan fingerprint density at radius 2 is 2.37 bits per heavy atom. The smallest absolute Gasteiger partial charge is 0.0580 e. The van der Waals surface area contributed by atoms with Crippen molar-refractivity contribution in [1.82, 2.24) is 15.2 Å². The van der Waals surface area contributed by atoms with Gasteiger partial charge in [0.1, 0.15) is 0 Å². The van der Waals surface area contributed by atoms with Crippen LogP contribution in [-0.2, 0) is 18.2 Å². The molecule has 0 aromatic carbocycles. The molecule has 1 saturated carbocycles. The van der Waals surface area contributed by atoms with Crippen LogP contribution in [0.5, 0.6) is 0 Å². The van der Waals surface area contributed by atoms with E-state index in [0.29, 0.717) is 12.1 Å². The molecule has 0 saturated heterocycles. The maximum Gasteiger partial charge on any atom is 0.0580 e. The molecule has 2 rings (SSSR count). The number of aromatic nitrogens is 2. The molecule has 1 heterocycles. The van der Waals surface area contributed by atoms with E-state index in [0.717, 1.165) is 31.8 Å². The Balaban J connectivity index is 1.66. The van der Waals surface area contributed by atoms with E-state index < -0.39 is 0 Å². The summed E-state index contributed by atoms with van der Waals surface area (Å²) in [4.78, 5) is 0. The zero-order valence-corrected chi connectivity index (χ0v) is 12.0. The van der Waals surface area contributed by atoms with Gasteiger partial charge < -0.3 is 4.74 Å². The van der Waals surface area contributed by atoms with E-state index in [1.54, 1.807) is 0 Å². The Kier molecular flexibility index (Phi) is 5.36. The number of hydrogen-bond acceptors (Lipinski definition) is 4. The lowest BCUT2D eigenvalue weighted by Crippen LogP contribution is -2.41. The first-order chi connectivity index (χ1) is 9.21. The predicted molar refractivity (Wildman–Crippen MR) is 75.4 cm³/mol. The summed E-state index contributed by atoms with van der Waals surface area (Å²) in [5.41, 5.74) is 4.24. The summed E-state index contributed by atoms with van der Waals surface area (Å²) in [7, 11) is 1.95. The maximum absolute atomic E-state index is 5.66. The largest absolute Gasteiger partial charge is 0.378 e. The third-order valence-corrected chi connectivity index (χ3v) is 3.99. The topological polar surface area (TPSA) is 65.1 Å². The Morgan fingerprint density at radius 1 is 1.58 bits per heavy atom. The van der Waals surface area contributed by atoms with Crippen molar-refractivity contribution in [2.24, 2.45) is 18.8 Å². The molecule has 1 unspecified atom stereocenters. The maximum atomic E-state index is 5.66. The van der Waals surface area contributed by atoms with E-state index in [1.165, 1.54) is 18.4 Å². The molecule has 0 amide bonds. The van der Waals surface area contributed by atoms with Gasteiger partial charge in [-0.3, -0.25) is 16.0 Å². The molecule has 1 aliphatic carbocycles. The van der Waals surface area contributed by atoms with Gasteiger partial charge in [-0.25, -0.2) is 0 Å². The van der Waals surface area contributed by atoms with Crippen molar-refractivity contribution in [2.75, 3.05) is 6.61 Å². The van der Waals surface area contributed by atoms with Gasteiger partial charge in [0.25, 0.3) is 0 Å². The van der Waals surface area contributed by atoms with Crippen LogP contribution in [0.2, 0.25) is 0 Å². The third kappa shape index (κ3) is 4.30. The highest BCUT2D eigenvalue weighted by Crippen LogP contribution is 2.34. The van der Waals surface area contributed by atoms with Crippen LogP contribution in [0.4, 0.5) is 0 Å². The number of rotatable bonds is 8. The van der Waals surface area contributed by atoms with Crippen LogP contribution in [0.15, 0.2) is 12.4 Å². The second-order valence-corrected chi connectivity index (χ2v) is 5.58. The summed E-state index contributed by atoms with van der Waals surface area (Å²) in [6.45, 7) is 2.89. The molecule has 1 atom stereocenters. The molecule has 0 aliphatic heterocycles. The molecule has 0 spiro atoms. The standard InChI is InChI=1S/C14H26N4O/c1-3-19-14-7-12(8-14)6-13(17-15)5-4-11-9-16-18(2)10-11/h9-10,12-14,17H,3-8,15H2,1-2H3. The molecule has 108 valence electrons. The fraction of sp³-hybridized carbons (Fsp3) is 0.786. The molecule has 5 nitrogen and oxygen atoms in total. The number of nitrogens with zero attached hydrogens (tertiary/aromatic N) is 2. The van der Waals surface area contributed by atoms with Gasteiger partial charge >= 0.3 is 0 Å². The number of nitrogens with one attached hydrogen (secondary N) is 1. The number of hydrazine groups is 1. The summed E-state index contributed by atoms with van der Waals surface area (Å²) >= 11 is 0. The van der Waals surface area contributed by atoms with Crippen molar-refractivity contribution < 1.29 is 4.74 Å². The molecule has 5 heteroatoms. The lowest BCUT2D eigenvalue weighted by Gasteiger charge is -2.36. The molecule has 0 bridgehead atoms. The van der Waals surface area contributed by atoms with Crippen molar-refractivity contribution in [1.29, 1.82) is 0 Å². The SMILES string of the molecule is CCOC1CC(CC(CCc2cnn(C)c2)NN)C1. The highest BCUT2D eigenvalue weighted by molar-refractivity contribution is 5.04. The first-order valence-corrected chi connectivity index (χ1v) is 7.26. The first-order valence-electron chi connectivity index (χ1n) is 7.26. The highest BCUT2D eigenvalue weighted by Gasteiger charge is 2.31. The van der Waals surface area contributed by atoms with Gasteiger partial charge in [-0.05, 0) is 50.5 Å². The Bertz CT molecular complexity index is 373. The lowest BCUT2D eigenvalue weighted by molar-refractivity contribution is -0.0292. The monoisotopic (exact) mass is 266 g/mol. The molecule has 1 aliphatic rings. The van der Waals surface area contributed by atoms with Crippen LogP contribution in [0.1, 0.15) is 38.2 Å². The van der Waals surface area contributed by atoms with Crippen molar-refractivity contribution >= 4 is 0 Å². The average Bonchev–Trinajstić information content (AvgIpc) is 2.77. The first kappa shape index (κ1) is 14.5. The minimum atomic E-state index is 0.396. The zero-order chi connectivity index (χ0) is 13.7. The van der Waals surface area contributed by atoms with Crippen LogP contribution in [0.25, 0.3) is 0 Å². The second-order valence-electron chi connectivity index (χ2n) is 5.58. The summed E-state index contributed by atoms with van der Waals surface area (Å²) in [5, 5.41) is 4.19. The fourth-order valence-corrected chi connectivity index (χ4v) is 2.85. The van der Waals surface area contributed by atoms with E-state index >= 15 is 0 Å². The average molecular weight is 266 g/mol. The van der Waals surface area contributed by atoms with Gasteiger partial charge in [0.15, 0.2) is 0 Å². The fourth-order valence-electron chi connectivity index (χ4n) is 2.85. The number of nitrogens with two attached hydrogens (primary N) is 1. The quantitative estimate of drug-likeness (QED) is 0.551. The Morgan fingerprint density at radius 3 is 2.95 bits per heavy atom. The minimum Gasteiger partial charge on any atom is -0.378 e. The molecule has 0 radical (unpaired) electrons. The van der Waals surface area contributed by atoms with Gasteiger partial charge in [0.2, 0.25) is 0 Å².